The molecule has 1 heterocycles. The predicted octanol–water partition coefficient (Wildman–Crippen LogP) is 4.81. The number of amides is 4. The summed E-state index contributed by atoms with van der Waals surface area (Å²) in [4.78, 5) is 39.1. The topological polar surface area (TPSA) is 99.8 Å². The van der Waals surface area contributed by atoms with Gasteiger partial charge in [-0.15, -0.1) is 0 Å². The molecule has 1 aliphatic heterocycles. The number of anilines is 2. The van der Waals surface area contributed by atoms with E-state index < -0.39 is 18.0 Å². The van der Waals surface area contributed by atoms with Crippen LogP contribution < -0.4 is 16.0 Å². The van der Waals surface area contributed by atoms with Crippen molar-refractivity contribution in [3.63, 3.8) is 0 Å². The Bertz CT molecular complexity index is 1080. The van der Waals surface area contributed by atoms with E-state index in [4.69, 9.17) is 4.74 Å². The molecular weight excluding hydrogens is 420 g/mol. The van der Waals surface area contributed by atoms with Crippen molar-refractivity contribution < 1.29 is 19.1 Å². The molecule has 8 heteroatoms. The van der Waals surface area contributed by atoms with Crippen LogP contribution in [0.25, 0.3) is 0 Å². The average molecular weight is 451 g/mol. The van der Waals surface area contributed by atoms with E-state index in [0.29, 0.717) is 28.2 Å². The second-order valence-corrected chi connectivity index (χ2v) is 8.15. The first-order valence-electron chi connectivity index (χ1n) is 10.9. The third-order valence-corrected chi connectivity index (χ3v) is 5.41. The van der Waals surface area contributed by atoms with E-state index in [9.17, 15) is 14.4 Å². The van der Waals surface area contributed by atoms with Crippen LogP contribution in [0.2, 0.25) is 0 Å². The Morgan fingerprint density at radius 2 is 1.76 bits per heavy atom. The van der Waals surface area contributed by atoms with Gasteiger partial charge in [-0.3, -0.25) is 0 Å². The highest BCUT2D eigenvalue weighted by Crippen LogP contribution is 2.32. The van der Waals surface area contributed by atoms with Crippen molar-refractivity contribution in [2.45, 2.75) is 46.3 Å². The largest absolute Gasteiger partial charge is 0.459 e. The Balaban J connectivity index is 1.82. The average Bonchev–Trinajstić information content (AvgIpc) is 2.77. The summed E-state index contributed by atoms with van der Waals surface area (Å²) in [5, 5.41) is 8.45. The molecule has 174 valence electrons. The summed E-state index contributed by atoms with van der Waals surface area (Å²) < 4.78 is 5.42. The zero-order chi connectivity index (χ0) is 24.1. The van der Waals surface area contributed by atoms with Crippen LogP contribution in [0.3, 0.4) is 0 Å². The van der Waals surface area contributed by atoms with Crippen molar-refractivity contribution in [1.82, 2.24) is 10.2 Å². The molecule has 1 atom stereocenters. The fraction of sp³-hybridized carbons (Fsp3) is 0.320. The van der Waals surface area contributed by atoms with E-state index in [1.807, 2.05) is 24.3 Å². The van der Waals surface area contributed by atoms with Crippen molar-refractivity contribution in [3.8, 4) is 0 Å². The minimum absolute atomic E-state index is 0.301. The van der Waals surface area contributed by atoms with Crippen LogP contribution in [0, 0.1) is 0 Å². The number of nitrogens with zero attached hydrogens (tertiary/aromatic N) is 1. The summed E-state index contributed by atoms with van der Waals surface area (Å²) in [6.07, 6.45) is 0.623. The number of carbonyl (C=O) groups is 3. The highest BCUT2D eigenvalue weighted by atomic mass is 16.5. The molecule has 1 aliphatic rings. The standard InChI is InChI=1S/C25H30N4O4/c1-6-17-10-12-19(13-11-17)26-24(31)27-20-9-7-8-18(14-20)22-21(23(30)33-15(2)3)16(4)29(5)25(32)28-22/h7-15,22H,6H2,1-5H3,(H,28,32)(H2,26,27,31). The summed E-state index contributed by atoms with van der Waals surface area (Å²) in [6, 6.07) is 13.2. The third kappa shape index (κ3) is 5.71. The molecule has 0 saturated carbocycles. The van der Waals surface area contributed by atoms with Crippen LogP contribution >= 0.6 is 0 Å². The molecule has 0 spiro atoms. The van der Waals surface area contributed by atoms with E-state index in [1.54, 1.807) is 52.1 Å². The number of hydrogen-bond acceptors (Lipinski definition) is 4. The fourth-order valence-electron chi connectivity index (χ4n) is 3.54. The van der Waals surface area contributed by atoms with Crippen molar-refractivity contribution in [2.75, 3.05) is 17.7 Å². The number of urea groups is 2. The predicted molar refractivity (Wildman–Crippen MR) is 128 cm³/mol. The van der Waals surface area contributed by atoms with Gasteiger partial charge < -0.3 is 25.6 Å². The van der Waals surface area contributed by atoms with E-state index in [0.717, 1.165) is 6.42 Å². The molecule has 0 fully saturated rings. The maximum absolute atomic E-state index is 12.8. The minimum atomic E-state index is -0.702. The van der Waals surface area contributed by atoms with Gasteiger partial charge in [-0.1, -0.05) is 31.2 Å². The fourth-order valence-corrected chi connectivity index (χ4v) is 3.54. The molecule has 1 unspecified atom stereocenters. The lowest BCUT2D eigenvalue weighted by atomic mass is 9.94. The number of nitrogens with one attached hydrogen (secondary N) is 3. The summed E-state index contributed by atoms with van der Waals surface area (Å²) in [5.74, 6) is -0.494. The Morgan fingerprint density at radius 1 is 1.09 bits per heavy atom. The molecule has 8 nitrogen and oxygen atoms in total. The molecule has 0 radical (unpaired) electrons. The monoisotopic (exact) mass is 450 g/mol. The zero-order valence-electron chi connectivity index (χ0n) is 19.6. The summed E-state index contributed by atoms with van der Waals surface area (Å²) in [7, 11) is 1.60. The molecule has 0 bridgehead atoms. The Morgan fingerprint density at radius 3 is 2.39 bits per heavy atom. The lowest BCUT2D eigenvalue weighted by molar-refractivity contribution is -0.143. The number of carbonyl (C=O) groups excluding carboxylic acids is 3. The van der Waals surface area contributed by atoms with Gasteiger partial charge in [0.15, 0.2) is 0 Å². The molecule has 0 aromatic heterocycles. The van der Waals surface area contributed by atoms with E-state index in [2.05, 4.69) is 22.9 Å². The molecule has 3 rings (SSSR count). The SMILES string of the molecule is CCc1ccc(NC(=O)Nc2cccc(C3NC(=O)N(C)C(C)=C3C(=O)OC(C)C)c2)cc1. The molecule has 3 N–H and O–H groups in total. The maximum atomic E-state index is 12.8. The van der Waals surface area contributed by atoms with Gasteiger partial charge >= 0.3 is 18.0 Å². The van der Waals surface area contributed by atoms with Gasteiger partial charge in [0.25, 0.3) is 0 Å². The van der Waals surface area contributed by atoms with Gasteiger partial charge in [0.05, 0.1) is 17.7 Å². The summed E-state index contributed by atoms with van der Waals surface area (Å²) in [6.45, 7) is 7.32. The molecule has 0 aliphatic carbocycles. The smallest absolute Gasteiger partial charge is 0.338 e. The van der Waals surface area contributed by atoms with Crippen LogP contribution in [0.4, 0.5) is 21.0 Å². The molecule has 2 aromatic rings. The van der Waals surface area contributed by atoms with E-state index in [1.165, 1.54) is 10.5 Å². The molecule has 4 amide bonds. The van der Waals surface area contributed by atoms with Gasteiger partial charge in [0.2, 0.25) is 0 Å². The van der Waals surface area contributed by atoms with E-state index in [-0.39, 0.29) is 12.1 Å². The Labute approximate surface area is 194 Å². The summed E-state index contributed by atoms with van der Waals surface area (Å²) in [5.41, 5.74) is 3.91. The van der Waals surface area contributed by atoms with Crippen LogP contribution in [0.5, 0.6) is 0 Å². The van der Waals surface area contributed by atoms with Crippen molar-refractivity contribution in [2.24, 2.45) is 0 Å². The number of aryl methyl sites for hydroxylation is 1. The number of benzene rings is 2. The quantitative estimate of drug-likeness (QED) is 0.550. The molecule has 2 aromatic carbocycles. The number of allylic oxidation sites excluding steroid dienone is 1. The first kappa shape index (κ1) is 23.8. The zero-order valence-corrected chi connectivity index (χ0v) is 19.6. The van der Waals surface area contributed by atoms with Crippen LogP contribution in [0.15, 0.2) is 59.8 Å². The van der Waals surface area contributed by atoms with E-state index >= 15 is 0 Å². The van der Waals surface area contributed by atoms with Crippen molar-refractivity contribution in [3.05, 3.63) is 70.9 Å². The van der Waals surface area contributed by atoms with Gasteiger partial charge in [-0.2, -0.15) is 0 Å². The third-order valence-electron chi connectivity index (χ3n) is 5.41. The molecule has 33 heavy (non-hydrogen) atoms. The van der Waals surface area contributed by atoms with Crippen molar-refractivity contribution >= 4 is 29.4 Å². The van der Waals surface area contributed by atoms with Gasteiger partial charge in [0.1, 0.15) is 0 Å². The van der Waals surface area contributed by atoms with Crippen molar-refractivity contribution in [1.29, 1.82) is 0 Å². The van der Waals surface area contributed by atoms with Crippen LogP contribution in [-0.4, -0.2) is 36.1 Å². The lowest BCUT2D eigenvalue weighted by Gasteiger charge is -2.33. The lowest BCUT2D eigenvalue weighted by Crippen LogP contribution is -2.46. The van der Waals surface area contributed by atoms with Gasteiger partial charge in [-0.25, -0.2) is 14.4 Å². The van der Waals surface area contributed by atoms with Gasteiger partial charge in [0, 0.05) is 24.1 Å². The minimum Gasteiger partial charge on any atom is -0.459 e. The van der Waals surface area contributed by atoms with Crippen LogP contribution in [0.1, 0.15) is 44.9 Å². The normalized spacial score (nSPS) is 15.9. The van der Waals surface area contributed by atoms with Crippen LogP contribution in [-0.2, 0) is 16.0 Å². The second kappa shape index (κ2) is 10.2. The first-order chi connectivity index (χ1) is 15.7. The Kier molecular flexibility index (Phi) is 7.37. The first-order valence-corrected chi connectivity index (χ1v) is 10.9. The number of hydrogen-bond donors (Lipinski definition) is 3. The van der Waals surface area contributed by atoms with Gasteiger partial charge in [-0.05, 0) is 62.6 Å². The second-order valence-electron chi connectivity index (χ2n) is 8.15. The summed E-state index contributed by atoms with van der Waals surface area (Å²) >= 11 is 0. The Hall–Kier alpha value is -3.81. The molecule has 0 saturated heterocycles. The number of rotatable bonds is 6. The number of esters is 1. The maximum Gasteiger partial charge on any atom is 0.338 e. The number of ether oxygens (including phenoxy) is 1. The molecular formula is C25H30N4O4. The highest BCUT2D eigenvalue weighted by Gasteiger charge is 2.35. The highest BCUT2D eigenvalue weighted by molar-refractivity contribution is 6.00.